The highest BCUT2D eigenvalue weighted by atomic mass is 31.0. The van der Waals surface area contributed by atoms with Crippen molar-refractivity contribution in [2.24, 2.45) is 29.6 Å². The molecule has 1 saturated carbocycles. The number of nitrogens with one attached hydrogen (secondary N) is 8. The molecular formula is C60H106N11O9P. The van der Waals surface area contributed by atoms with Gasteiger partial charge in [0.05, 0.1) is 13.1 Å². The summed E-state index contributed by atoms with van der Waals surface area (Å²) < 4.78 is 0. The Bertz CT molecular complexity index is 2200. The molecule has 460 valence electrons. The van der Waals surface area contributed by atoms with E-state index in [1.165, 1.54) is 27.7 Å². The van der Waals surface area contributed by atoms with Crippen LogP contribution < -0.4 is 47.8 Å². The Morgan fingerprint density at radius 2 is 1.16 bits per heavy atom. The van der Waals surface area contributed by atoms with Crippen LogP contribution in [0.4, 0.5) is 0 Å². The summed E-state index contributed by atoms with van der Waals surface area (Å²) in [6, 6.07) is 4.23. The zero-order valence-corrected chi connectivity index (χ0v) is 53.4. The maximum Gasteiger partial charge on any atom is 0.254 e. The number of rotatable bonds is 24. The minimum absolute atomic E-state index is 0.0601. The van der Waals surface area contributed by atoms with Gasteiger partial charge < -0.3 is 52.3 Å². The van der Waals surface area contributed by atoms with E-state index in [0.717, 1.165) is 75.4 Å². The molecule has 4 rings (SSSR count). The first-order chi connectivity index (χ1) is 37.6. The standard InChI is InChI=1S/C52H86N11O9P.2C4H10/c1-33(2)28-39(44(67)59-52(8,9)49(72)60-51(6,7)47(70)53-22-23-62-26-24-61(10)25-27-62)56-41(64)30-55-48(71)50(4,5)58-42(65)31-54-43(66)38(21-16-35-14-12-11-13-15-35)57-45(68)40-29-34(3)32-63(40)46(69)36-17-19-37(73)20-18-36;2*1-4(2)3/h17-20,33-35,38-40H,11-16,21-32,73H2,1-10H3,(H,53,70)(H,54,66)(H,55,71)(H,56,64)(H,57,68)(H,58,65)(H,59,67)(H,60,72);2*4H,1-3H3/t34?,38?,39-,40-;;/m0../s1. The van der Waals surface area contributed by atoms with Gasteiger partial charge >= 0.3 is 0 Å². The predicted molar refractivity (Wildman–Crippen MR) is 324 cm³/mol. The van der Waals surface area contributed by atoms with E-state index < -0.39 is 89.2 Å². The fourth-order valence-corrected chi connectivity index (χ4v) is 9.56. The molecule has 21 heteroatoms. The van der Waals surface area contributed by atoms with Gasteiger partial charge in [0.25, 0.3) is 5.91 Å². The van der Waals surface area contributed by atoms with E-state index in [1.807, 2.05) is 32.9 Å². The Hall–Kier alpha value is -5.20. The van der Waals surface area contributed by atoms with E-state index in [2.05, 4.69) is 110 Å². The topological polar surface area (TPSA) is 260 Å². The largest absolute Gasteiger partial charge is 0.353 e. The van der Waals surface area contributed by atoms with Crippen molar-refractivity contribution in [3.63, 3.8) is 0 Å². The number of carbonyl (C=O) groups is 9. The van der Waals surface area contributed by atoms with Gasteiger partial charge in [0.2, 0.25) is 47.3 Å². The SMILES string of the molecule is CC(C)C.CC(C)C.CC(C)C[C@H](NC(=O)CNC(=O)C(C)(C)NC(=O)CNC(=O)C(CCC1CCCCC1)NC(=O)[C@@H]1CC(C)CN1C(=O)c1ccc(P)cc1)C(=O)NC(C)(C)C(=O)NC(C)(C)C(=O)NCCN1CCN(C)CC1. The van der Waals surface area contributed by atoms with Crippen LogP contribution in [0.2, 0.25) is 0 Å². The number of likely N-dealkylation sites (N-methyl/N-ethyl adjacent to an activating group) is 1. The minimum Gasteiger partial charge on any atom is -0.353 e. The Morgan fingerprint density at radius 1 is 0.630 bits per heavy atom. The molecule has 8 N–H and O–H groups in total. The monoisotopic (exact) mass is 1160 g/mol. The van der Waals surface area contributed by atoms with Crippen LogP contribution >= 0.6 is 9.24 Å². The Balaban J connectivity index is 0.00000262. The third-order valence-corrected chi connectivity index (χ3v) is 14.4. The summed E-state index contributed by atoms with van der Waals surface area (Å²) in [5.74, 6) is -2.94. The molecule has 81 heavy (non-hydrogen) atoms. The Morgan fingerprint density at radius 3 is 1.73 bits per heavy atom. The lowest BCUT2D eigenvalue weighted by atomic mass is 9.85. The summed E-state index contributed by atoms with van der Waals surface area (Å²) in [7, 11) is 4.65. The van der Waals surface area contributed by atoms with Crippen LogP contribution in [0.5, 0.6) is 0 Å². The summed E-state index contributed by atoms with van der Waals surface area (Å²) >= 11 is 0. The Labute approximate surface area is 488 Å². The third kappa shape index (κ3) is 27.2. The van der Waals surface area contributed by atoms with Crippen LogP contribution in [0.15, 0.2) is 24.3 Å². The van der Waals surface area contributed by atoms with Gasteiger partial charge in [-0.3, -0.25) is 48.1 Å². The maximum atomic E-state index is 13.9. The smallest absolute Gasteiger partial charge is 0.254 e. The van der Waals surface area contributed by atoms with Crippen molar-refractivity contribution < 1.29 is 43.2 Å². The molecule has 1 aromatic carbocycles. The van der Waals surface area contributed by atoms with Crippen molar-refractivity contribution in [2.45, 2.75) is 196 Å². The van der Waals surface area contributed by atoms with Crippen LogP contribution in [0, 0.1) is 29.6 Å². The molecule has 0 bridgehead atoms. The van der Waals surface area contributed by atoms with Crippen molar-refractivity contribution in [2.75, 3.05) is 66.0 Å². The van der Waals surface area contributed by atoms with Gasteiger partial charge in [-0.2, -0.15) is 0 Å². The molecule has 2 heterocycles. The fraction of sp³-hybridized carbons (Fsp3) is 0.750. The van der Waals surface area contributed by atoms with Gasteiger partial charge in [-0.25, -0.2) is 0 Å². The number of likely N-dealkylation sites (tertiary alicyclic amines) is 1. The molecule has 3 fully saturated rings. The van der Waals surface area contributed by atoms with E-state index >= 15 is 0 Å². The summed E-state index contributed by atoms with van der Waals surface area (Å²) in [6.45, 7) is 31.9. The molecule has 20 nitrogen and oxygen atoms in total. The maximum absolute atomic E-state index is 13.9. The van der Waals surface area contributed by atoms with Crippen LogP contribution in [0.25, 0.3) is 0 Å². The van der Waals surface area contributed by atoms with Crippen molar-refractivity contribution in [3.05, 3.63) is 29.8 Å². The summed E-state index contributed by atoms with van der Waals surface area (Å²) in [5, 5.41) is 22.6. The highest BCUT2D eigenvalue weighted by molar-refractivity contribution is 7.27. The first-order valence-electron chi connectivity index (χ1n) is 29.6. The number of carbonyl (C=O) groups excluding carboxylic acids is 9. The van der Waals surface area contributed by atoms with Crippen molar-refractivity contribution in [1.82, 2.24) is 57.2 Å². The van der Waals surface area contributed by atoms with Gasteiger partial charge in [0, 0.05) is 51.4 Å². The fourth-order valence-electron chi connectivity index (χ4n) is 9.36. The number of piperazine rings is 1. The highest BCUT2D eigenvalue weighted by Gasteiger charge is 2.41. The normalized spacial score (nSPS) is 18.0. The number of hydrogen-bond acceptors (Lipinski definition) is 11. The molecule has 9 amide bonds. The summed E-state index contributed by atoms with van der Waals surface area (Å²) in [5.41, 5.74) is -3.88. The van der Waals surface area contributed by atoms with Gasteiger partial charge in [-0.05, 0) is 121 Å². The molecule has 0 aromatic heterocycles. The lowest BCUT2D eigenvalue weighted by Gasteiger charge is -2.34. The van der Waals surface area contributed by atoms with Gasteiger partial charge in [-0.1, -0.05) is 107 Å². The van der Waals surface area contributed by atoms with Crippen LogP contribution in [-0.2, 0) is 38.4 Å². The van der Waals surface area contributed by atoms with Gasteiger partial charge in [0.1, 0.15) is 34.7 Å². The van der Waals surface area contributed by atoms with Crippen LogP contribution in [0.1, 0.15) is 172 Å². The van der Waals surface area contributed by atoms with E-state index in [-0.39, 0.29) is 30.1 Å². The molecule has 2 aliphatic heterocycles. The molecule has 1 aromatic rings. The molecule has 3 aliphatic rings. The average Bonchev–Trinajstić information content (AvgIpc) is 3.78. The minimum atomic E-state index is -1.55. The van der Waals surface area contributed by atoms with E-state index in [4.69, 9.17) is 0 Å². The molecule has 0 radical (unpaired) electrons. The Kier molecular flexibility index (Phi) is 30.6. The second-order valence-corrected chi connectivity index (χ2v) is 26.6. The van der Waals surface area contributed by atoms with Crippen molar-refractivity contribution >= 4 is 67.7 Å². The van der Waals surface area contributed by atoms with Gasteiger partial charge in [0.15, 0.2) is 0 Å². The molecule has 2 saturated heterocycles. The van der Waals surface area contributed by atoms with E-state index in [9.17, 15) is 43.2 Å². The highest BCUT2D eigenvalue weighted by Crippen LogP contribution is 2.29. The second kappa shape index (κ2) is 34.4. The summed E-state index contributed by atoms with van der Waals surface area (Å²) in [6.07, 6.45) is 7.12. The predicted octanol–water partition coefficient (Wildman–Crippen LogP) is 4.02. The number of nitrogens with zero attached hydrogens (tertiary/aromatic N) is 3. The van der Waals surface area contributed by atoms with E-state index in [1.54, 1.807) is 30.9 Å². The zero-order valence-electron chi connectivity index (χ0n) is 52.2. The van der Waals surface area contributed by atoms with Crippen molar-refractivity contribution in [1.29, 1.82) is 0 Å². The lowest BCUT2D eigenvalue weighted by Crippen LogP contribution is -2.64. The molecule has 0 spiro atoms. The van der Waals surface area contributed by atoms with Crippen molar-refractivity contribution in [3.8, 4) is 0 Å². The first kappa shape index (κ1) is 71.9. The van der Waals surface area contributed by atoms with Crippen LogP contribution in [0.3, 0.4) is 0 Å². The van der Waals surface area contributed by atoms with Crippen LogP contribution in [-0.4, -0.2) is 169 Å². The molecule has 1 aliphatic carbocycles. The zero-order chi connectivity index (χ0) is 61.4. The lowest BCUT2D eigenvalue weighted by molar-refractivity contribution is -0.138. The van der Waals surface area contributed by atoms with Gasteiger partial charge in [-0.15, -0.1) is 9.24 Å². The molecular weight excluding hydrogens is 1050 g/mol. The molecule has 5 atom stereocenters. The third-order valence-electron chi connectivity index (χ3n) is 14.0. The summed E-state index contributed by atoms with van der Waals surface area (Å²) in [4.78, 5) is 127. The first-order valence-corrected chi connectivity index (χ1v) is 30.2. The quantitative estimate of drug-likeness (QED) is 0.0686. The average molecular weight is 1160 g/mol. The number of hydrogen-bond donors (Lipinski definition) is 8. The number of benzene rings is 1. The number of amides is 9. The molecule has 3 unspecified atom stereocenters. The van der Waals surface area contributed by atoms with E-state index in [0.29, 0.717) is 50.4 Å². The second-order valence-electron chi connectivity index (χ2n) is 26.0.